The van der Waals surface area contributed by atoms with Crippen LogP contribution in [-0.2, 0) is 6.42 Å². The van der Waals surface area contributed by atoms with Crippen LogP contribution in [0.3, 0.4) is 0 Å². The average Bonchev–Trinajstić information content (AvgIpc) is 2.20. The van der Waals surface area contributed by atoms with Crippen molar-refractivity contribution in [1.29, 1.82) is 0 Å². The van der Waals surface area contributed by atoms with Gasteiger partial charge in [0.25, 0.3) is 0 Å². The standard InChI is InChI=1S/C12H17BrFNO/c1-8(2)15-7-11(16)6-9-5-10(14)3-4-12(9)13/h3-5,8,11,15-16H,6-7H2,1-2H3. The Kier molecular flexibility index (Phi) is 5.38. The first-order valence-electron chi connectivity index (χ1n) is 5.34. The molecule has 0 radical (unpaired) electrons. The van der Waals surface area contributed by atoms with Crippen LogP contribution >= 0.6 is 15.9 Å². The van der Waals surface area contributed by atoms with Gasteiger partial charge in [-0.25, -0.2) is 4.39 Å². The Hall–Kier alpha value is -0.450. The Balaban J connectivity index is 2.55. The van der Waals surface area contributed by atoms with Crippen LogP contribution in [0.2, 0.25) is 0 Å². The summed E-state index contributed by atoms with van der Waals surface area (Å²) >= 11 is 3.34. The van der Waals surface area contributed by atoms with Crippen molar-refractivity contribution < 1.29 is 9.50 Å². The molecular weight excluding hydrogens is 273 g/mol. The molecule has 1 rings (SSSR count). The molecule has 0 aliphatic rings. The predicted molar refractivity (Wildman–Crippen MR) is 66.9 cm³/mol. The number of aliphatic hydroxyl groups is 1. The zero-order valence-electron chi connectivity index (χ0n) is 9.50. The minimum absolute atomic E-state index is 0.276. The van der Waals surface area contributed by atoms with E-state index in [1.807, 2.05) is 13.8 Å². The Morgan fingerprint density at radius 1 is 1.44 bits per heavy atom. The van der Waals surface area contributed by atoms with Crippen LogP contribution in [0.4, 0.5) is 4.39 Å². The number of benzene rings is 1. The van der Waals surface area contributed by atoms with E-state index in [1.54, 1.807) is 6.07 Å². The molecule has 1 aromatic rings. The van der Waals surface area contributed by atoms with Crippen molar-refractivity contribution in [3.05, 3.63) is 34.1 Å². The van der Waals surface area contributed by atoms with Gasteiger partial charge in [0.15, 0.2) is 0 Å². The monoisotopic (exact) mass is 289 g/mol. The first-order chi connectivity index (χ1) is 7.49. The highest BCUT2D eigenvalue weighted by atomic mass is 79.9. The number of rotatable bonds is 5. The maximum Gasteiger partial charge on any atom is 0.123 e. The summed E-state index contributed by atoms with van der Waals surface area (Å²) in [4.78, 5) is 0. The van der Waals surface area contributed by atoms with Crippen LogP contribution in [0.5, 0.6) is 0 Å². The zero-order chi connectivity index (χ0) is 12.1. The van der Waals surface area contributed by atoms with Crippen LogP contribution in [0.15, 0.2) is 22.7 Å². The topological polar surface area (TPSA) is 32.3 Å². The van der Waals surface area contributed by atoms with E-state index in [2.05, 4.69) is 21.2 Å². The average molecular weight is 290 g/mol. The summed E-state index contributed by atoms with van der Waals surface area (Å²) in [6, 6.07) is 4.84. The smallest absolute Gasteiger partial charge is 0.123 e. The third-order valence-electron chi connectivity index (χ3n) is 2.23. The van der Waals surface area contributed by atoms with E-state index < -0.39 is 6.10 Å². The molecule has 0 saturated carbocycles. The molecule has 90 valence electrons. The minimum atomic E-state index is -0.500. The fourth-order valence-electron chi connectivity index (χ4n) is 1.40. The van der Waals surface area contributed by atoms with Gasteiger partial charge in [-0.2, -0.15) is 0 Å². The van der Waals surface area contributed by atoms with Gasteiger partial charge in [0.05, 0.1) is 6.10 Å². The quantitative estimate of drug-likeness (QED) is 0.873. The first kappa shape index (κ1) is 13.6. The lowest BCUT2D eigenvalue weighted by molar-refractivity contribution is 0.168. The summed E-state index contributed by atoms with van der Waals surface area (Å²) in [7, 11) is 0. The molecule has 0 aliphatic carbocycles. The van der Waals surface area contributed by atoms with Crippen molar-refractivity contribution in [1.82, 2.24) is 5.32 Å². The Morgan fingerprint density at radius 2 is 2.12 bits per heavy atom. The highest BCUT2D eigenvalue weighted by Crippen LogP contribution is 2.19. The van der Waals surface area contributed by atoms with Crippen molar-refractivity contribution in [3.8, 4) is 0 Å². The third kappa shape index (κ3) is 4.60. The van der Waals surface area contributed by atoms with Gasteiger partial charge < -0.3 is 10.4 Å². The second-order valence-corrected chi connectivity index (χ2v) is 5.01. The third-order valence-corrected chi connectivity index (χ3v) is 3.00. The van der Waals surface area contributed by atoms with Gasteiger partial charge >= 0.3 is 0 Å². The highest BCUT2D eigenvalue weighted by molar-refractivity contribution is 9.10. The lowest BCUT2D eigenvalue weighted by Gasteiger charge is -2.14. The van der Waals surface area contributed by atoms with Gasteiger partial charge in [-0.1, -0.05) is 29.8 Å². The van der Waals surface area contributed by atoms with Crippen LogP contribution in [0, 0.1) is 5.82 Å². The predicted octanol–water partition coefficient (Wildman–Crippen LogP) is 2.49. The highest BCUT2D eigenvalue weighted by Gasteiger charge is 2.09. The van der Waals surface area contributed by atoms with E-state index >= 15 is 0 Å². The molecule has 1 aromatic carbocycles. The van der Waals surface area contributed by atoms with Crippen LogP contribution in [0.25, 0.3) is 0 Å². The summed E-state index contributed by atoms with van der Waals surface area (Å²) in [5.74, 6) is -0.276. The van der Waals surface area contributed by atoms with Crippen molar-refractivity contribution in [2.75, 3.05) is 6.54 Å². The van der Waals surface area contributed by atoms with Gasteiger partial charge in [0.1, 0.15) is 5.82 Å². The minimum Gasteiger partial charge on any atom is -0.391 e. The summed E-state index contributed by atoms with van der Waals surface area (Å²) in [6.45, 7) is 4.55. The van der Waals surface area contributed by atoms with Crippen LogP contribution in [-0.4, -0.2) is 23.8 Å². The molecule has 0 amide bonds. The summed E-state index contributed by atoms with van der Waals surface area (Å²) < 4.78 is 13.8. The van der Waals surface area contributed by atoms with Crippen LogP contribution < -0.4 is 5.32 Å². The summed E-state index contributed by atoms with van der Waals surface area (Å²) in [6.07, 6.45) is -0.0570. The molecule has 2 N–H and O–H groups in total. The molecule has 0 aromatic heterocycles. The van der Waals surface area contributed by atoms with E-state index in [1.165, 1.54) is 12.1 Å². The summed E-state index contributed by atoms with van der Waals surface area (Å²) in [5, 5.41) is 12.9. The molecular formula is C12H17BrFNO. The lowest BCUT2D eigenvalue weighted by Crippen LogP contribution is -2.33. The van der Waals surface area contributed by atoms with Crippen LogP contribution in [0.1, 0.15) is 19.4 Å². The van der Waals surface area contributed by atoms with E-state index in [9.17, 15) is 9.50 Å². The molecule has 1 unspecified atom stereocenters. The zero-order valence-corrected chi connectivity index (χ0v) is 11.1. The maximum absolute atomic E-state index is 13.0. The Morgan fingerprint density at radius 3 is 2.75 bits per heavy atom. The number of aliphatic hydroxyl groups excluding tert-OH is 1. The molecule has 0 aliphatic heterocycles. The fraction of sp³-hybridized carbons (Fsp3) is 0.500. The molecule has 16 heavy (non-hydrogen) atoms. The molecule has 0 heterocycles. The number of hydrogen-bond donors (Lipinski definition) is 2. The van der Waals surface area contributed by atoms with Gasteiger partial charge in [0, 0.05) is 23.5 Å². The SMILES string of the molecule is CC(C)NCC(O)Cc1cc(F)ccc1Br. The maximum atomic E-state index is 13.0. The molecule has 4 heteroatoms. The second-order valence-electron chi connectivity index (χ2n) is 4.16. The normalized spacial score (nSPS) is 13.1. The van der Waals surface area contributed by atoms with Gasteiger partial charge in [-0.05, 0) is 23.8 Å². The molecule has 0 bridgehead atoms. The van der Waals surface area contributed by atoms with Gasteiger partial charge in [-0.15, -0.1) is 0 Å². The number of hydrogen-bond acceptors (Lipinski definition) is 2. The van der Waals surface area contributed by atoms with Gasteiger partial charge in [-0.3, -0.25) is 0 Å². The van der Waals surface area contributed by atoms with E-state index in [-0.39, 0.29) is 5.82 Å². The molecule has 0 spiro atoms. The van der Waals surface area contributed by atoms with E-state index in [4.69, 9.17) is 0 Å². The number of halogens is 2. The van der Waals surface area contributed by atoms with Crippen molar-refractivity contribution in [3.63, 3.8) is 0 Å². The van der Waals surface area contributed by atoms with E-state index in [0.717, 1.165) is 10.0 Å². The van der Waals surface area contributed by atoms with Crippen molar-refractivity contribution in [2.24, 2.45) is 0 Å². The van der Waals surface area contributed by atoms with E-state index in [0.29, 0.717) is 19.0 Å². The van der Waals surface area contributed by atoms with Gasteiger partial charge in [0.2, 0.25) is 0 Å². The fourth-order valence-corrected chi connectivity index (χ4v) is 1.81. The molecule has 0 saturated heterocycles. The van der Waals surface area contributed by atoms with Crippen molar-refractivity contribution >= 4 is 15.9 Å². The summed E-state index contributed by atoms with van der Waals surface area (Å²) in [5.41, 5.74) is 0.790. The number of nitrogens with one attached hydrogen (secondary N) is 1. The largest absolute Gasteiger partial charge is 0.391 e. The Bertz CT molecular complexity index is 344. The molecule has 2 nitrogen and oxygen atoms in total. The molecule has 1 atom stereocenters. The first-order valence-corrected chi connectivity index (χ1v) is 6.13. The van der Waals surface area contributed by atoms with Crippen molar-refractivity contribution in [2.45, 2.75) is 32.4 Å². The second kappa shape index (κ2) is 6.33. The Labute approximate surface area is 104 Å². The lowest BCUT2D eigenvalue weighted by atomic mass is 10.1. The molecule has 0 fully saturated rings.